The summed E-state index contributed by atoms with van der Waals surface area (Å²) < 4.78 is 31.3. The number of carbonyl (C=O) groups is 1. The molecule has 1 spiro atoms. The smallest absolute Gasteiger partial charge is 0.338 e. The van der Waals surface area contributed by atoms with E-state index in [1.165, 1.54) is 19.2 Å². The van der Waals surface area contributed by atoms with Gasteiger partial charge in [0.05, 0.1) is 7.11 Å². The molecule has 154 valence electrons. The van der Waals surface area contributed by atoms with Crippen molar-refractivity contribution in [2.75, 3.05) is 7.11 Å². The number of rotatable bonds is 3. The molecule has 2 atom stereocenters. The van der Waals surface area contributed by atoms with Crippen LogP contribution in [0.3, 0.4) is 0 Å². The highest BCUT2D eigenvalue weighted by Crippen LogP contribution is 2.48. The van der Waals surface area contributed by atoms with Crippen molar-refractivity contribution >= 4 is 5.97 Å². The van der Waals surface area contributed by atoms with Crippen LogP contribution in [0, 0.1) is 19.7 Å². The van der Waals surface area contributed by atoms with Gasteiger partial charge in [0.1, 0.15) is 11.9 Å². The molecule has 0 amide bonds. The normalized spacial score (nSPS) is 23.3. The van der Waals surface area contributed by atoms with Crippen LogP contribution in [0.4, 0.5) is 4.39 Å². The van der Waals surface area contributed by atoms with Gasteiger partial charge in [0, 0.05) is 12.8 Å². The number of hydrogen-bond acceptors (Lipinski definition) is 4. The van der Waals surface area contributed by atoms with E-state index in [2.05, 4.69) is 6.07 Å². The van der Waals surface area contributed by atoms with Gasteiger partial charge in [-0.3, -0.25) is 0 Å². The molecule has 2 aliphatic rings. The van der Waals surface area contributed by atoms with Crippen LogP contribution in [-0.4, -0.2) is 25.0 Å². The minimum Gasteiger partial charge on any atom is -0.467 e. The molecule has 2 aromatic carbocycles. The molecule has 1 aliphatic heterocycles. The Balaban J connectivity index is 1.83. The number of methoxy groups -OCH3 is 1. The lowest BCUT2D eigenvalue weighted by molar-refractivity contribution is -0.199. The number of ether oxygens (including phenoxy) is 3. The molecule has 0 aromatic heterocycles. The predicted molar refractivity (Wildman–Crippen MR) is 108 cm³/mol. The van der Waals surface area contributed by atoms with Crippen molar-refractivity contribution in [2.24, 2.45) is 0 Å². The summed E-state index contributed by atoms with van der Waals surface area (Å²) in [5, 5.41) is 0. The molecule has 1 saturated heterocycles. The zero-order chi connectivity index (χ0) is 20.6. The van der Waals surface area contributed by atoms with Crippen molar-refractivity contribution in [3.8, 4) is 11.1 Å². The van der Waals surface area contributed by atoms with E-state index in [4.69, 9.17) is 14.2 Å². The van der Waals surface area contributed by atoms with Crippen LogP contribution >= 0.6 is 0 Å². The van der Waals surface area contributed by atoms with E-state index in [1.807, 2.05) is 19.9 Å². The summed E-state index contributed by atoms with van der Waals surface area (Å²) in [6, 6.07) is 10.5. The van der Waals surface area contributed by atoms with Crippen LogP contribution in [0.2, 0.25) is 0 Å². The first-order chi connectivity index (χ1) is 13.9. The Bertz CT molecular complexity index is 900. The molecule has 29 heavy (non-hydrogen) atoms. The average Bonchev–Trinajstić information content (AvgIpc) is 3.07. The van der Waals surface area contributed by atoms with Gasteiger partial charge in [0.25, 0.3) is 0 Å². The molecule has 1 heterocycles. The summed E-state index contributed by atoms with van der Waals surface area (Å²) in [6.45, 7) is 4.04. The van der Waals surface area contributed by atoms with Crippen LogP contribution in [0.15, 0.2) is 36.4 Å². The Hall–Kier alpha value is -2.24. The number of carbonyl (C=O) groups excluding carboxylic acids is 1. The highest BCUT2D eigenvalue weighted by atomic mass is 19.1. The fourth-order valence-corrected chi connectivity index (χ4v) is 4.69. The third-order valence-electron chi connectivity index (χ3n) is 5.96. The molecule has 1 aliphatic carbocycles. The molecular formula is C24H27FO4. The molecular weight excluding hydrogens is 371 g/mol. The van der Waals surface area contributed by atoms with Crippen LogP contribution in [0.5, 0.6) is 0 Å². The Morgan fingerprint density at radius 3 is 2.41 bits per heavy atom. The van der Waals surface area contributed by atoms with E-state index in [9.17, 15) is 9.18 Å². The third-order valence-corrected chi connectivity index (χ3v) is 5.96. The van der Waals surface area contributed by atoms with Crippen LogP contribution in [0.25, 0.3) is 11.1 Å². The fourth-order valence-electron chi connectivity index (χ4n) is 4.69. The van der Waals surface area contributed by atoms with Crippen molar-refractivity contribution < 1.29 is 23.4 Å². The molecule has 5 heteroatoms. The Morgan fingerprint density at radius 2 is 1.76 bits per heavy atom. The maximum atomic E-state index is 13.5. The first kappa shape index (κ1) is 20.0. The van der Waals surface area contributed by atoms with Crippen molar-refractivity contribution in [3.05, 3.63) is 58.9 Å². The molecule has 0 bridgehead atoms. The van der Waals surface area contributed by atoms with Gasteiger partial charge in [-0.1, -0.05) is 36.2 Å². The Morgan fingerprint density at radius 1 is 1.07 bits per heavy atom. The van der Waals surface area contributed by atoms with E-state index in [-0.39, 0.29) is 5.82 Å². The van der Waals surface area contributed by atoms with Crippen molar-refractivity contribution in [1.82, 2.24) is 0 Å². The van der Waals surface area contributed by atoms with Gasteiger partial charge in [-0.05, 0) is 61.1 Å². The maximum absolute atomic E-state index is 13.5. The molecule has 2 aromatic rings. The third kappa shape index (κ3) is 3.81. The maximum Gasteiger partial charge on any atom is 0.338 e. The minimum absolute atomic E-state index is 0.283. The van der Waals surface area contributed by atoms with Gasteiger partial charge in [-0.2, -0.15) is 0 Å². The number of esters is 1. The largest absolute Gasteiger partial charge is 0.467 e. The van der Waals surface area contributed by atoms with Gasteiger partial charge >= 0.3 is 5.97 Å². The van der Waals surface area contributed by atoms with Gasteiger partial charge in [-0.25, -0.2) is 9.18 Å². The van der Waals surface area contributed by atoms with E-state index >= 15 is 0 Å². The molecule has 1 saturated carbocycles. The predicted octanol–water partition coefficient (Wildman–Crippen LogP) is 5.40. The lowest BCUT2D eigenvalue weighted by Gasteiger charge is -2.32. The Kier molecular flexibility index (Phi) is 5.45. The second-order valence-electron chi connectivity index (χ2n) is 8.12. The quantitative estimate of drug-likeness (QED) is 0.650. The van der Waals surface area contributed by atoms with Crippen LogP contribution in [0.1, 0.15) is 54.9 Å². The van der Waals surface area contributed by atoms with Crippen LogP contribution in [-0.2, 0) is 19.0 Å². The van der Waals surface area contributed by atoms with Gasteiger partial charge in [-0.15, -0.1) is 0 Å². The second kappa shape index (κ2) is 7.88. The van der Waals surface area contributed by atoms with Gasteiger partial charge in [0.15, 0.2) is 11.9 Å². The molecule has 4 rings (SSSR count). The zero-order valence-electron chi connectivity index (χ0n) is 17.2. The van der Waals surface area contributed by atoms with E-state index in [1.54, 1.807) is 12.1 Å². The first-order valence-electron chi connectivity index (χ1n) is 10.2. The van der Waals surface area contributed by atoms with Gasteiger partial charge < -0.3 is 14.2 Å². The fraction of sp³-hybridized carbons (Fsp3) is 0.458. The molecule has 0 N–H and O–H groups in total. The first-order valence-corrected chi connectivity index (χ1v) is 10.2. The SMILES string of the molecule is COC(=O)[C@H]1OC2(CCCCC2)O[C@@H]1c1cc(C)cc(C)c1-c1ccc(F)cc1. The summed E-state index contributed by atoms with van der Waals surface area (Å²) in [4.78, 5) is 12.6. The van der Waals surface area contributed by atoms with Crippen molar-refractivity contribution in [1.29, 1.82) is 0 Å². The highest BCUT2D eigenvalue weighted by molar-refractivity contribution is 5.78. The molecule has 0 radical (unpaired) electrons. The van der Waals surface area contributed by atoms with Gasteiger partial charge in [0.2, 0.25) is 0 Å². The number of halogens is 1. The molecule has 2 fully saturated rings. The van der Waals surface area contributed by atoms with Crippen LogP contribution < -0.4 is 0 Å². The molecule has 4 nitrogen and oxygen atoms in total. The summed E-state index contributed by atoms with van der Waals surface area (Å²) in [6.07, 6.45) is 3.32. The number of aryl methyl sites for hydroxylation is 2. The molecule has 0 unspecified atom stereocenters. The topological polar surface area (TPSA) is 44.8 Å². The number of benzene rings is 2. The summed E-state index contributed by atoms with van der Waals surface area (Å²) in [5.41, 5.74) is 4.83. The zero-order valence-corrected chi connectivity index (χ0v) is 17.2. The highest BCUT2D eigenvalue weighted by Gasteiger charge is 2.52. The lowest BCUT2D eigenvalue weighted by atomic mass is 9.88. The number of hydrogen-bond donors (Lipinski definition) is 0. The summed E-state index contributed by atoms with van der Waals surface area (Å²) in [5.74, 6) is -1.45. The van der Waals surface area contributed by atoms with E-state index in [0.29, 0.717) is 0 Å². The summed E-state index contributed by atoms with van der Waals surface area (Å²) >= 11 is 0. The second-order valence-corrected chi connectivity index (χ2v) is 8.12. The Labute approximate surface area is 171 Å². The minimum atomic E-state index is -0.821. The lowest BCUT2D eigenvalue weighted by Crippen LogP contribution is -2.35. The van der Waals surface area contributed by atoms with Crippen molar-refractivity contribution in [2.45, 2.75) is 63.9 Å². The summed E-state index contributed by atoms with van der Waals surface area (Å²) in [7, 11) is 1.37. The van der Waals surface area contributed by atoms with Crippen molar-refractivity contribution in [3.63, 3.8) is 0 Å². The monoisotopic (exact) mass is 398 g/mol. The van der Waals surface area contributed by atoms with E-state index < -0.39 is 24.0 Å². The standard InChI is InChI=1S/C24H27FO4/c1-15-13-16(2)20(17-7-9-18(25)10-8-17)19(14-15)21-22(23(26)27-3)29-24(28-21)11-5-4-6-12-24/h7-10,13-14,21-22H,4-6,11-12H2,1-3H3/t21-,22+/m1/s1. The van der Waals surface area contributed by atoms with E-state index in [0.717, 1.165) is 59.9 Å². The average molecular weight is 398 g/mol.